The summed E-state index contributed by atoms with van der Waals surface area (Å²) in [5.74, 6) is 0. The quantitative estimate of drug-likeness (QED) is 0.656. The first-order chi connectivity index (χ1) is 9.62. The van der Waals surface area contributed by atoms with Gasteiger partial charge in [0.2, 0.25) is 0 Å². The van der Waals surface area contributed by atoms with Crippen LogP contribution in [0.5, 0.6) is 0 Å². The molecule has 0 saturated carbocycles. The molecule has 3 nitrogen and oxygen atoms in total. The van der Waals surface area contributed by atoms with Crippen LogP contribution in [0, 0.1) is 0 Å². The zero-order chi connectivity index (χ0) is 15.1. The third-order valence-electron chi connectivity index (χ3n) is 5.65. The molecular formula is C17H36N2O. The van der Waals surface area contributed by atoms with Crippen LogP contribution in [0.15, 0.2) is 0 Å². The molecule has 3 heteroatoms. The Kier molecular flexibility index (Phi) is 7.49. The van der Waals surface area contributed by atoms with Crippen LogP contribution in [0.3, 0.4) is 0 Å². The number of hydrogen-bond acceptors (Lipinski definition) is 3. The van der Waals surface area contributed by atoms with Gasteiger partial charge >= 0.3 is 0 Å². The van der Waals surface area contributed by atoms with Crippen molar-refractivity contribution in [1.29, 1.82) is 0 Å². The summed E-state index contributed by atoms with van der Waals surface area (Å²) in [6, 6.07) is 0. The van der Waals surface area contributed by atoms with E-state index >= 15 is 0 Å². The summed E-state index contributed by atoms with van der Waals surface area (Å²) in [6.45, 7) is 13.8. The molecule has 0 aromatic rings. The average molecular weight is 284 g/mol. The van der Waals surface area contributed by atoms with Gasteiger partial charge in [0.05, 0.1) is 0 Å². The van der Waals surface area contributed by atoms with Gasteiger partial charge in [-0.25, -0.2) is 0 Å². The van der Waals surface area contributed by atoms with E-state index < -0.39 is 0 Å². The fourth-order valence-corrected chi connectivity index (χ4v) is 3.59. The van der Waals surface area contributed by atoms with Crippen LogP contribution >= 0.6 is 0 Å². The number of rotatable bonds is 9. The molecule has 1 aliphatic rings. The van der Waals surface area contributed by atoms with E-state index in [-0.39, 0.29) is 0 Å². The van der Waals surface area contributed by atoms with Crippen molar-refractivity contribution in [2.24, 2.45) is 0 Å². The Morgan fingerprint density at radius 1 is 1.00 bits per heavy atom. The number of nitrogens with zero attached hydrogens (tertiary/aromatic N) is 1. The van der Waals surface area contributed by atoms with E-state index in [2.05, 4.69) is 37.9 Å². The maximum Gasteiger partial charge on any atom is 0.0462 e. The van der Waals surface area contributed by atoms with E-state index in [0.29, 0.717) is 11.1 Å². The lowest BCUT2D eigenvalue weighted by molar-refractivity contribution is -0.00667. The second-order valence-electron chi connectivity index (χ2n) is 6.39. The van der Waals surface area contributed by atoms with Crippen LogP contribution in [-0.4, -0.2) is 49.3 Å². The third kappa shape index (κ3) is 3.96. The first kappa shape index (κ1) is 17.9. The van der Waals surface area contributed by atoms with Gasteiger partial charge in [-0.2, -0.15) is 0 Å². The summed E-state index contributed by atoms with van der Waals surface area (Å²) >= 11 is 0. The van der Waals surface area contributed by atoms with E-state index in [9.17, 15) is 0 Å². The van der Waals surface area contributed by atoms with Gasteiger partial charge in [-0.3, -0.25) is 4.90 Å². The van der Waals surface area contributed by atoms with Gasteiger partial charge in [-0.05, 0) is 45.1 Å². The van der Waals surface area contributed by atoms with Gasteiger partial charge in [-0.1, -0.05) is 27.7 Å². The fourth-order valence-electron chi connectivity index (χ4n) is 3.59. The van der Waals surface area contributed by atoms with Crippen molar-refractivity contribution in [2.45, 2.75) is 77.3 Å². The molecule has 1 heterocycles. The van der Waals surface area contributed by atoms with Crippen molar-refractivity contribution in [1.82, 2.24) is 10.2 Å². The highest BCUT2D eigenvalue weighted by molar-refractivity contribution is 5.03. The molecule has 1 rings (SSSR count). The van der Waals surface area contributed by atoms with E-state index in [0.717, 1.165) is 13.2 Å². The van der Waals surface area contributed by atoms with Crippen molar-refractivity contribution < 1.29 is 4.74 Å². The molecule has 1 saturated heterocycles. The highest BCUT2D eigenvalue weighted by Gasteiger charge is 2.43. The Balaban J connectivity index is 2.72. The molecule has 1 N–H and O–H groups in total. The molecule has 0 amide bonds. The monoisotopic (exact) mass is 284 g/mol. The molecule has 1 fully saturated rings. The van der Waals surface area contributed by atoms with E-state index in [4.69, 9.17) is 4.74 Å². The molecule has 0 unspecified atom stereocenters. The largest absolute Gasteiger partial charge is 0.385 e. The number of unbranched alkanes of at least 4 members (excludes halogenated alkanes) is 1. The second kappa shape index (κ2) is 8.35. The zero-order valence-electron chi connectivity index (χ0n) is 14.4. The maximum atomic E-state index is 5.19. The summed E-state index contributed by atoms with van der Waals surface area (Å²) in [7, 11) is 1.80. The van der Waals surface area contributed by atoms with Gasteiger partial charge in [0.15, 0.2) is 0 Å². The topological polar surface area (TPSA) is 24.5 Å². The Bertz CT molecular complexity index is 260. The van der Waals surface area contributed by atoms with E-state index in [1.165, 1.54) is 51.6 Å². The van der Waals surface area contributed by atoms with Crippen LogP contribution in [0.25, 0.3) is 0 Å². The van der Waals surface area contributed by atoms with Crippen molar-refractivity contribution in [3.63, 3.8) is 0 Å². The fraction of sp³-hybridized carbons (Fsp3) is 1.00. The minimum atomic E-state index is 0.328. The number of piperazine rings is 1. The number of methoxy groups -OCH3 is 1. The maximum absolute atomic E-state index is 5.19. The van der Waals surface area contributed by atoms with Gasteiger partial charge in [0, 0.05) is 37.9 Å². The van der Waals surface area contributed by atoms with Crippen molar-refractivity contribution in [3.8, 4) is 0 Å². The lowest BCUT2D eigenvalue weighted by atomic mass is 9.80. The molecule has 0 aromatic carbocycles. The predicted molar refractivity (Wildman–Crippen MR) is 87.3 cm³/mol. The molecule has 0 radical (unpaired) electrons. The lowest BCUT2D eigenvalue weighted by Gasteiger charge is -2.54. The van der Waals surface area contributed by atoms with Crippen LogP contribution in [0.4, 0.5) is 0 Å². The Morgan fingerprint density at radius 2 is 1.65 bits per heavy atom. The van der Waals surface area contributed by atoms with Gasteiger partial charge in [-0.15, -0.1) is 0 Å². The van der Waals surface area contributed by atoms with Crippen LogP contribution in [0.2, 0.25) is 0 Å². The Labute approximate surface area is 126 Å². The lowest BCUT2D eigenvalue weighted by Crippen LogP contribution is -2.69. The first-order valence-electron chi connectivity index (χ1n) is 8.61. The predicted octanol–water partition coefficient (Wildman–Crippen LogP) is 3.44. The summed E-state index contributed by atoms with van der Waals surface area (Å²) in [6.07, 6.45) is 7.35. The van der Waals surface area contributed by atoms with E-state index in [1.54, 1.807) is 7.11 Å². The molecule has 1 aliphatic heterocycles. The zero-order valence-corrected chi connectivity index (χ0v) is 14.4. The second-order valence-corrected chi connectivity index (χ2v) is 6.39. The van der Waals surface area contributed by atoms with E-state index in [1.807, 2.05) is 0 Å². The highest BCUT2D eigenvalue weighted by Crippen LogP contribution is 2.33. The van der Waals surface area contributed by atoms with Gasteiger partial charge in [0.1, 0.15) is 0 Å². The third-order valence-corrected chi connectivity index (χ3v) is 5.65. The average Bonchev–Trinajstić information content (AvgIpc) is 2.51. The number of hydrogen-bond donors (Lipinski definition) is 1. The molecule has 0 aromatic heterocycles. The molecule has 0 bridgehead atoms. The molecule has 20 heavy (non-hydrogen) atoms. The van der Waals surface area contributed by atoms with Crippen LogP contribution < -0.4 is 5.32 Å². The summed E-state index contributed by atoms with van der Waals surface area (Å²) < 4.78 is 5.19. The molecule has 0 atom stereocenters. The normalized spacial score (nSPS) is 22.1. The molecular weight excluding hydrogens is 248 g/mol. The Hall–Kier alpha value is -0.120. The van der Waals surface area contributed by atoms with Crippen LogP contribution in [0.1, 0.15) is 66.2 Å². The first-order valence-corrected chi connectivity index (χ1v) is 8.61. The van der Waals surface area contributed by atoms with Crippen molar-refractivity contribution in [3.05, 3.63) is 0 Å². The summed E-state index contributed by atoms with van der Waals surface area (Å²) in [5, 5.41) is 3.89. The molecule has 0 aliphatic carbocycles. The minimum Gasteiger partial charge on any atom is -0.385 e. The molecule has 120 valence electrons. The smallest absolute Gasteiger partial charge is 0.0462 e. The van der Waals surface area contributed by atoms with Crippen LogP contribution in [-0.2, 0) is 4.74 Å². The minimum absolute atomic E-state index is 0.328. The van der Waals surface area contributed by atoms with Gasteiger partial charge < -0.3 is 10.1 Å². The van der Waals surface area contributed by atoms with Gasteiger partial charge in [0.25, 0.3) is 0 Å². The summed E-state index contributed by atoms with van der Waals surface area (Å²) in [5.41, 5.74) is 0.690. The van der Waals surface area contributed by atoms with Crippen molar-refractivity contribution in [2.75, 3.05) is 33.4 Å². The number of ether oxygens (including phenoxy) is 1. The SMILES string of the molecule is CCC1(CC)CN(CCCCOC)C(CC)(CC)CN1. The van der Waals surface area contributed by atoms with Crippen molar-refractivity contribution >= 4 is 0 Å². The standard InChI is InChI=1S/C17H36N2O/c1-6-16(7-2)15-19(12-10-11-13-20-5)17(8-3,9-4)14-18-16/h18H,6-15H2,1-5H3. The highest BCUT2D eigenvalue weighted by atomic mass is 16.5. The Morgan fingerprint density at radius 3 is 2.15 bits per heavy atom. The number of nitrogens with one attached hydrogen (secondary N) is 1. The molecule has 0 spiro atoms. The summed E-state index contributed by atoms with van der Waals surface area (Å²) in [4.78, 5) is 2.78.